The van der Waals surface area contributed by atoms with Crippen molar-refractivity contribution in [1.82, 2.24) is 0 Å². The number of rotatable bonds is 34. The molecule has 0 aromatic heterocycles. The number of aliphatic hydroxyl groups excluding tert-OH is 1. The van der Waals surface area contributed by atoms with Gasteiger partial charge in [-0.05, 0) is 0 Å². The molecule has 0 bridgehead atoms. The van der Waals surface area contributed by atoms with Crippen LogP contribution in [0.5, 0.6) is 0 Å². The van der Waals surface area contributed by atoms with Gasteiger partial charge in [-0.1, -0.05) is 0 Å². The molecule has 0 aliphatic carbocycles. The molecule has 0 saturated heterocycles. The van der Waals surface area contributed by atoms with Crippen LogP contribution < -0.4 is 0 Å². The van der Waals surface area contributed by atoms with Gasteiger partial charge in [0.2, 0.25) is 0 Å². The van der Waals surface area contributed by atoms with Gasteiger partial charge in [0.05, 0.1) is 145 Å². The maximum absolute atomic E-state index is 10.0. The smallest absolute Gasteiger partial charge is 0.145 e. The number of hydrogen-bond acceptors (Lipinski definition) is 13. The van der Waals surface area contributed by atoms with Crippen LogP contribution in [-0.2, 0) is 56.9 Å². The molecule has 13 heteroatoms. The molecule has 0 amide bonds. The van der Waals surface area contributed by atoms with Crippen molar-refractivity contribution in [3.8, 4) is 0 Å². The summed E-state index contributed by atoms with van der Waals surface area (Å²) in [6, 6.07) is 0. The Morgan fingerprint density at radius 2 is 0.514 bits per heavy atom. The molecule has 0 unspecified atom stereocenters. The minimum Gasteiger partial charge on any atom is -0.394 e. The lowest BCUT2D eigenvalue weighted by atomic mass is 10.6. The zero-order chi connectivity index (χ0) is 26.7. The van der Waals surface area contributed by atoms with Crippen LogP contribution in [0.25, 0.3) is 0 Å². The lowest BCUT2D eigenvalue weighted by molar-refractivity contribution is -0.112. The summed E-state index contributed by atoms with van der Waals surface area (Å²) in [5.74, 6) is 0. The first-order valence-electron chi connectivity index (χ1n) is 12.8. The molecule has 1 N–H and O–H groups in total. The summed E-state index contributed by atoms with van der Waals surface area (Å²) < 4.78 is 58.5. The van der Waals surface area contributed by atoms with Crippen molar-refractivity contribution < 1.29 is 62.0 Å². The number of hydrogen-bond donors (Lipinski definition) is 1. The van der Waals surface area contributed by atoms with E-state index in [1.807, 2.05) is 0 Å². The van der Waals surface area contributed by atoms with E-state index in [0.717, 1.165) is 0 Å². The fourth-order valence-electron chi connectivity index (χ4n) is 2.40. The van der Waals surface area contributed by atoms with Gasteiger partial charge < -0.3 is 62.0 Å². The van der Waals surface area contributed by atoms with Gasteiger partial charge in [0.1, 0.15) is 12.9 Å². The Hall–Kier alpha value is -0.810. The molecule has 0 aliphatic rings. The van der Waals surface area contributed by atoms with Crippen molar-refractivity contribution in [3.63, 3.8) is 0 Å². The number of aldehydes is 1. The van der Waals surface area contributed by atoms with Crippen LogP contribution in [-0.4, -0.2) is 163 Å². The summed E-state index contributed by atoms with van der Waals surface area (Å²) in [5, 5.41) is 8.55. The van der Waals surface area contributed by atoms with Crippen molar-refractivity contribution in [2.75, 3.05) is 152 Å². The van der Waals surface area contributed by atoms with E-state index < -0.39 is 0 Å². The summed E-state index contributed by atoms with van der Waals surface area (Å²) in [4.78, 5) is 10.0. The molecule has 0 rings (SSSR count). The minimum absolute atomic E-state index is 0.0241. The average Bonchev–Trinajstić information content (AvgIpc) is 2.91. The van der Waals surface area contributed by atoms with Crippen LogP contribution in [0.1, 0.15) is 0 Å². The summed E-state index contributed by atoms with van der Waals surface area (Å²) in [7, 11) is 0. The van der Waals surface area contributed by atoms with Crippen molar-refractivity contribution in [2.24, 2.45) is 0 Å². The first kappa shape index (κ1) is 36.2. The van der Waals surface area contributed by atoms with Gasteiger partial charge in [-0.15, -0.1) is 0 Å². The quantitative estimate of drug-likeness (QED) is 0.0812. The predicted molar refractivity (Wildman–Crippen MR) is 132 cm³/mol. The molecule has 0 aromatic rings. The summed E-state index contributed by atoms with van der Waals surface area (Å²) in [6.07, 6.45) is 0.709. The molecule has 0 aliphatic heterocycles. The Kier molecular flexibility index (Phi) is 34.4. The highest BCUT2D eigenvalue weighted by atomic mass is 16.6. The molecule has 37 heavy (non-hydrogen) atoms. The summed E-state index contributed by atoms with van der Waals surface area (Å²) in [6.45, 7) is 10.2. The first-order chi connectivity index (χ1) is 18.4. The van der Waals surface area contributed by atoms with E-state index in [1.165, 1.54) is 0 Å². The third-order valence-electron chi connectivity index (χ3n) is 4.14. The van der Waals surface area contributed by atoms with Gasteiger partial charge >= 0.3 is 0 Å². The highest BCUT2D eigenvalue weighted by Crippen LogP contribution is 1.86. The SMILES string of the molecule is O=CCOCCOCCOCCOCCOCCOCCOCCOCCOCCOCCOCCO. The van der Waals surface area contributed by atoms with Crippen molar-refractivity contribution >= 4 is 6.29 Å². The summed E-state index contributed by atoms with van der Waals surface area (Å²) >= 11 is 0. The van der Waals surface area contributed by atoms with Gasteiger partial charge in [0.15, 0.2) is 0 Å². The Balaban J connectivity index is 3.01. The highest BCUT2D eigenvalue weighted by Gasteiger charge is 1.96. The van der Waals surface area contributed by atoms with Crippen LogP contribution in [0.15, 0.2) is 0 Å². The molecule has 0 aromatic carbocycles. The number of carbonyl (C=O) groups excluding carboxylic acids is 1. The van der Waals surface area contributed by atoms with Crippen LogP contribution >= 0.6 is 0 Å². The maximum Gasteiger partial charge on any atom is 0.145 e. The van der Waals surface area contributed by atoms with Crippen molar-refractivity contribution in [2.45, 2.75) is 0 Å². The average molecular weight is 545 g/mol. The molecule has 0 radical (unpaired) electrons. The third-order valence-corrected chi connectivity index (χ3v) is 4.14. The second-order valence-corrected chi connectivity index (χ2v) is 7.09. The van der Waals surface area contributed by atoms with Gasteiger partial charge in [-0.25, -0.2) is 0 Å². The largest absolute Gasteiger partial charge is 0.394 e. The zero-order valence-electron chi connectivity index (χ0n) is 22.2. The van der Waals surface area contributed by atoms with E-state index in [2.05, 4.69) is 0 Å². The topological polar surface area (TPSA) is 139 Å². The first-order valence-corrected chi connectivity index (χ1v) is 12.8. The van der Waals surface area contributed by atoms with Gasteiger partial charge in [-0.2, -0.15) is 0 Å². The molecular weight excluding hydrogens is 496 g/mol. The molecule has 13 nitrogen and oxygen atoms in total. The normalized spacial score (nSPS) is 11.4. The van der Waals surface area contributed by atoms with Crippen LogP contribution in [0, 0.1) is 0 Å². The Labute approximate surface area is 220 Å². The lowest BCUT2D eigenvalue weighted by Gasteiger charge is -2.09. The third kappa shape index (κ3) is 35.2. The van der Waals surface area contributed by atoms with Gasteiger partial charge in [0.25, 0.3) is 0 Å². The molecule has 0 saturated carbocycles. The fourth-order valence-corrected chi connectivity index (χ4v) is 2.40. The summed E-state index contributed by atoms with van der Waals surface area (Å²) in [5.41, 5.74) is 0. The monoisotopic (exact) mass is 544 g/mol. The Bertz CT molecular complexity index is 418. The van der Waals surface area contributed by atoms with E-state index in [-0.39, 0.29) is 13.2 Å². The van der Waals surface area contributed by atoms with E-state index >= 15 is 0 Å². The number of aliphatic hydroxyl groups is 1. The van der Waals surface area contributed by atoms with Crippen LogP contribution in [0.4, 0.5) is 0 Å². The number of carbonyl (C=O) groups is 1. The van der Waals surface area contributed by atoms with Crippen LogP contribution in [0.3, 0.4) is 0 Å². The zero-order valence-corrected chi connectivity index (χ0v) is 22.2. The van der Waals surface area contributed by atoms with Gasteiger partial charge in [0, 0.05) is 0 Å². The number of ether oxygens (including phenoxy) is 11. The highest BCUT2D eigenvalue weighted by molar-refractivity contribution is 5.50. The second-order valence-electron chi connectivity index (χ2n) is 7.09. The molecule has 0 fully saturated rings. The maximum atomic E-state index is 10.0. The Morgan fingerprint density at radius 1 is 0.324 bits per heavy atom. The lowest BCUT2D eigenvalue weighted by Crippen LogP contribution is -2.15. The van der Waals surface area contributed by atoms with Crippen molar-refractivity contribution in [3.05, 3.63) is 0 Å². The van der Waals surface area contributed by atoms with Crippen molar-refractivity contribution in [1.29, 1.82) is 0 Å². The molecule has 222 valence electrons. The predicted octanol–water partition coefficient (Wildman–Crippen LogP) is -0.640. The molecule has 0 atom stereocenters. The standard InChI is InChI=1S/C24H48O13/c25-1-3-27-5-7-29-9-11-31-13-15-33-17-19-35-21-23-37-24-22-36-20-18-34-16-14-32-12-10-30-8-6-28-4-2-26/h1,26H,2-24H2. The molecule has 0 heterocycles. The van der Waals surface area contributed by atoms with Gasteiger partial charge in [-0.3, -0.25) is 0 Å². The van der Waals surface area contributed by atoms with E-state index in [4.69, 9.17) is 57.2 Å². The van der Waals surface area contributed by atoms with Crippen LogP contribution in [0.2, 0.25) is 0 Å². The Morgan fingerprint density at radius 3 is 0.703 bits per heavy atom. The fraction of sp³-hybridized carbons (Fsp3) is 0.958. The van der Waals surface area contributed by atoms with E-state index in [1.54, 1.807) is 0 Å². The second kappa shape index (κ2) is 35.2. The molecule has 0 spiro atoms. The van der Waals surface area contributed by atoms with E-state index in [0.29, 0.717) is 145 Å². The molecular formula is C24H48O13. The minimum atomic E-state index is 0.0241. The van der Waals surface area contributed by atoms with E-state index in [9.17, 15) is 4.79 Å².